The van der Waals surface area contributed by atoms with Gasteiger partial charge in [-0.3, -0.25) is 14.6 Å². The second-order valence-corrected chi connectivity index (χ2v) is 14.9. The Morgan fingerprint density at radius 1 is 1.04 bits per heavy atom. The number of alkyl halides is 1. The van der Waals surface area contributed by atoms with Crippen molar-refractivity contribution in [1.82, 2.24) is 19.8 Å². The lowest BCUT2D eigenvalue weighted by atomic mass is 9.77. The van der Waals surface area contributed by atoms with Crippen LogP contribution in [0, 0.1) is 5.82 Å². The number of ether oxygens (including phenoxy) is 3. The van der Waals surface area contributed by atoms with E-state index in [9.17, 15) is 19.1 Å². The molecule has 4 saturated heterocycles. The number of fused-ring (bicyclic) bond motifs is 5. The van der Waals surface area contributed by atoms with E-state index in [0.29, 0.717) is 48.4 Å². The Morgan fingerprint density at radius 3 is 2.61 bits per heavy atom. The molecule has 1 aromatic heterocycles. The van der Waals surface area contributed by atoms with Crippen LogP contribution in [0.2, 0.25) is 0 Å². The maximum atomic E-state index is 17.1. The van der Waals surface area contributed by atoms with E-state index in [-0.39, 0.29) is 41.9 Å². The Kier molecular flexibility index (Phi) is 8.88. The van der Waals surface area contributed by atoms with Crippen molar-refractivity contribution >= 4 is 28.8 Å². The van der Waals surface area contributed by atoms with Crippen molar-refractivity contribution in [1.29, 1.82) is 0 Å². The molecule has 0 saturated carbocycles. The SMILES string of the molecule is CCC1CCCc2cc(O)cc(-c3ccc4c(N5CC6CCC(C5)N6C(=O)OCOC(C)=O)nc(OC[C@@]56CCCN5C[C@H](F)C6)nc4c3F)c21. The Balaban J connectivity index is 1.17. The van der Waals surface area contributed by atoms with Crippen LogP contribution < -0.4 is 9.64 Å². The molecular weight excluding hydrogens is 660 g/mol. The molecular formula is C38H45F2N5O6. The lowest BCUT2D eigenvalue weighted by molar-refractivity contribution is -0.149. The predicted molar refractivity (Wildman–Crippen MR) is 185 cm³/mol. The minimum Gasteiger partial charge on any atom is -0.508 e. The number of phenolic OH excluding ortho intramolecular Hbond substituents is 1. The standard InChI is InChI=1S/C38H45F2N5O6/c1-3-23-6-4-7-24-14-28(47)15-31(32(23)24)29-10-11-30-34(33(29)40)41-36(49-20-38-12-5-13-44(38)17-25(39)16-38)42-35(30)43-18-26-8-9-27(19-43)45(26)37(48)51-21-50-22(2)46/h10-11,14-15,23,25-27,47H,3-9,12-13,16-21H2,1-2H3/t23?,25-,26?,27?,38+/m1/s1. The third kappa shape index (κ3) is 6.10. The number of carbonyl (C=O) groups is 2. The molecule has 8 rings (SSSR count). The molecule has 3 aromatic rings. The van der Waals surface area contributed by atoms with Crippen molar-refractivity contribution in [3.63, 3.8) is 0 Å². The smallest absolute Gasteiger partial charge is 0.413 e. The van der Waals surface area contributed by atoms with Gasteiger partial charge >= 0.3 is 18.1 Å². The monoisotopic (exact) mass is 705 g/mol. The number of esters is 1. The fraction of sp³-hybridized carbons (Fsp3) is 0.579. The fourth-order valence-corrected chi connectivity index (χ4v) is 9.60. The summed E-state index contributed by atoms with van der Waals surface area (Å²) >= 11 is 0. The molecule has 272 valence electrons. The number of benzene rings is 2. The van der Waals surface area contributed by atoms with Crippen LogP contribution in [0.1, 0.15) is 82.3 Å². The van der Waals surface area contributed by atoms with Crippen LogP contribution in [-0.4, -0.2) is 100 Å². The van der Waals surface area contributed by atoms with Crippen molar-refractivity contribution < 1.29 is 37.7 Å². The number of amides is 1. The molecule has 5 atom stereocenters. The molecule has 1 N–H and O–H groups in total. The first-order chi connectivity index (χ1) is 24.6. The summed E-state index contributed by atoms with van der Waals surface area (Å²) in [7, 11) is 0. The number of aryl methyl sites for hydroxylation is 1. The number of phenols is 1. The van der Waals surface area contributed by atoms with E-state index in [1.807, 2.05) is 12.1 Å². The van der Waals surface area contributed by atoms with Gasteiger partial charge in [-0.1, -0.05) is 13.0 Å². The van der Waals surface area contributed by atoms with Gasteiger partial charge < -0.3 is 24.2 Å². The van der Waals surface area contributed by atoms with Crippen LogP contribution in [0.3, 0.4) is 0 Å². The summed E-state index contributed by atoms with van der Waals surface area (Å²) < 4.78 is 48.1. The lowest BCUT2D eigenvalue weighted by Gasteiger charge is -2.41. The predicted octanol–water partition coefficient (Wildman–Crippen LogP) is 6.24. The Hall–Kier alpha value is -4.26. The highest BCUT2D eigenvalue weighted by Crippen LogP contribution is 2.45. The van der Waals surface area contributed by atoms with E-state index in [1.54, 1.807) is 17.0 Å². The number of rotatable bonds is 8. The van der Waals surface area contributed by atoms with Crippen molar-refractivity contribution in [3.05, 3.63) is 41.2 Å². The maximum Gasteiger partial charge on any atom is 0.413 e. The fourth-order valence-electron chi connectivity index (χ4n) is 9.60. The molecule has 51 heavy (non-hydrogen) atoms. The highest BCUT2D eigenvalue weighted by atomic mass is 19.1. The summed E-state index contributed by atoms with van der Waals surface area (Å²) in [6, 6.07) is 6.71. The number of aromatic nitrogens is 2. The van der Waals surface area contributed by atoms with Gasteiger partial charge in [0.25, 0.3) is 0 Å². The van der Waals surface area contributed by atoms with E-state index < -0.39 is 36.4 Å². The first kappa shape index (κ1) is 33.9. The summed E-state index contributed by atoms with van der Waals surface area (Å²) in [4.78, 5) is 39.7. The van der Waals surface area contributed by atoms with Crippen molar-refractivity contribution in [2.24, 2.45) is 0 Å². The van der Waals surface area contributed by atoms with Crippen LogP contribution in [0.4, 0.5) is 19.4 Å². The summed E-state index contributed by atoms with van der Waals surface area (Å²) in [5.41, 5.74) is 2.85. The van der Waals surface area contributed by atoms with E-state index >= 15 is 4.39 Å². The summed E-state index contributed by atoms with van der Waals surface area (Å²) in [6.07, 6.45) is 5.95. The zero-order chi connectivity index (χ0) is 35.4. The Bertz CT molecular complexity index is 1850. The Labute approximate surface area is 295 Å². The largest absolute Gasteiger partial charge is 0.508 e. The highest BCUT2D eigenvalue weighted by Gasteiger charge is 2.50. The van der Waals surface area contributed by atoms with Crippen LogP contribution in [-0.2, 0) is 20.7 Å². The molecule has 0 radical (unpaired) electrons. The number of piperazine rings is 1. The lowest BCUT2D eigenvalue weighted by Crippen LogP contribution is -2.56. The van der Waals surface area contributed by atoms with Gasteiger partial charge in [-0.05, 0) is 98.7 Å². The molecule has 11 nitrogen and oxygen atoms in total. The third-order valence-corrected chi connectivity index (χ3v) is 11.9. The second-order valence-electron chi connectivity index (χ2n) is 14.9. The topological polar surface area (TPSA) is 118 Å². The van der Waals surface area contributed by atoms with Gasteiger partial charge in [0, 0.05) is 43.9 Å². The maximum absolute atomic E-state index is 17.1. The van der Waals surface area contributed by atoms with Crippen molar-refractivity contribution in [2.45, 2.75) is 101 Å². The zero-order valence-electron chi connectivity index (χ0n) is 29.2. The third-order valence-electron chi connectivity index (χ3n) is 11.9. The van der Waals surface area contributed by atoms with Crippen LogP contribution in [0.25, 0.3) is 22.0 Å². The van der Waals surface area contributed by atoms with Crippen molar-refractivity contribution in [3.8, 4) is 22.9 Å². The van der Waals surface area contributed by atoms with Gasteiger partial charge in [0.2, 0.25) is 6.79 Å². The molecule has 1 aliphatic carbocycles. The minimum absolute atomic E-state index is 0.0250. The number of carbonyl (C=O) groups excluding carboxylic acids is 2. The van der Waals surface area contributed by atoms with Gasteiger partial charge in [0.15, 0.2) is 5.82 Å². The number of hydrogen-bond donors (Lipinski definition) is 1. The van der Waals surface area contributed by atoms with Gasteiger partial charge in [-0.15, -0.1) is 0 Å². The normalized spacial score (nSPS) is 27.1. The summed E-state index contributed by atoms with van der Waals surface area (Å²) in [5, 5.41) is 11.3. The molecule has 2 bridgehead atoms. The van der Waals surface area contributed by atoms with Gasteiger partial charge in [0.1, 0.15) is 29.9 Å². The Morgan fingerprint density at radius 2 is 1.84 bits per heavy atom. The minimum atomic E-state index is -0.922. The van der Waals surface area contributed by atoms with Crippen LogP contribution in [0.15, 0.2) is 24.3 Å². The molecule has 3 unspecified atom stereocenters. The number of halogens is 2. The number of hydrogen-bond acceptors (Lipinski definition) is 10. The second kappa shape index (κ2) is 13.4. The summed E-state index contributed by atoms with van der Waals surface area (Å²) in [5.74, 6) is -0.187. The van der Waals surface area contributed by atoms with E-state index in [4.69, 9.17) is 24.2 Å². The first-order valence-electron chi connectivity index (χ1n) is 18.4. The molecule has 5 heterocycles. The van der Waals surface area contributed by atoms with Crippen LogP contribution in [0.5, 0.6) is 11.8 Å². The average molecular weight is 706 g/mol. The van der Waals surface area contributed by atoms with Gasteiger partial charge in [0.05, 0.1) is 17.6 Å². The quantitative estimate of drug-likeness (QED) is 0.213. The molecule has 1 amide bonds. The number of aromatic hydroxyl groups is 1. The molecule has 2 aromatic carbocycles. The van der Waals surface area contributed by atoms with E-state index in [1.165, 1.54) is 6.92 Å². The van der Waals surface area contributed by atoms with Crippen LogP contribution >= 0.6 is 0 Å². The number of nitrogens with zero attached hydrogens (tertiary/aromatic N) is 5. The highest BCUT2D eigenvalue weighted by molar-refractivity contribution is 5.94. The average Bonchev–Trinajstić information content (AvgIpc) is 3.73. The molecule has 4 fully saturated rings. The van der Waals surface area contributed by atoms with Gasteiger partial charge in [-0.2, -0.15) is 9.97 Å². The molecule has 4 aliphatic heterocycles. The van der Waals surface area contributed by atoms with E-state index in [0.717, 1.165) is 69.0 Å². The molecule has 0 spiro atoms. The summed E-state index contributed by atoms with van der Waals surface area (Å²) in [6.45, 7) is 5.19. The first-order valence-corrected chi connectivity index (χ1v) is 18.4. The van der Waals surface area contributed by atoms with Crippen molar-refractivity contribution in [2.75, 3.05) is 44.5 Å². The van der Waals surface area contributed by atoms with Gasteiger partial charge in [-0.25, -0.2) is 13.6 Å². The molecule has 5 aliphatic rings. The molecule has 13 heteroatoms. The zero-order valence-corrected chi connectivity index (χ0v) is 29.2. The van der Waals surface area contributed by atoms with E-state index in [2.05, 4.69) is 16.7 Å². The number of anilines is 1.